The molecule has 1 saturated heterocycles. The van der Waals surface area contributed by atoms with Gasteiger partial charge in [0.25, 0.3) is 0 Å². The highest BCUT2D eigenvalue weighted by Crippen LogP contribution is 2.32. The zero-order valence-electron chi connectivity index (χ0n) is 9.02. The number of aliphatic hydroxyl groups is 1. The quantitative estimate of drug-likeness (QED) is 0.678. The standard InChI is InChI=1S/C10H16N2O3S/c13-8(7-1-2-7)3-11-9(14)4-12-6-16-5-10(12)15/h7-8,13H,1-6H2,(H,11,14). The lowest BCUT2D eigenvalue weighted by Crippen LogP contribution is -2.41. The van der Waals surface area contributed by atoms with E-state index in [0.29, 0.717) is 24.1 Å². The molecule has 1 saturated carbocycles. The topological polar surface area (TPSA) is 69.6 Å². The van der Waals surface area contributed by atoms with Crippen LogP contribution in [-0.4, -0.2) is 52.6 Å². The molecule has 5 nitrogen and oxygen atoms in total. The van der Waals surface area contributed by atoms with Gasteiger partial charge in [0.2, 0.25) is 11.8 Å². The smallest absolute Gasteiger partial charge is 0.239 e. The van der Waals surface area contributed by atoms with Crippen LogP contribution in [0.5, 0.6) is 0 Å². The monoisotopic (exact) mass is 244 g/mol. The van der Waals surface area contributed by atoms with Crippen LogP contribution < -0.4 is 5.32 Å². The van der Waals surface area contributed by atoms with Gasteiger partial charge in [-0.1, -0.05) is 0 Å². The number of carbonyl (C=O) groups is 2. The first-order valence-electron chi connectivity index (χ1n) is 5.47. The Morgan fingerprint density at radius 2 is 2.38 bits per heavy atom. The lowest BCUT2D eigenvalue weighted by molar-refractivity contribution is -0.132. The van der Waals surface area contributed by atoms with Crippen molar-refractivity contribution in [2.45, 2.75) is 18.9 Å². The maximum absolute atomic E-state index is 11.5. The van der Waals surface area contributed by atoms with Crippen LogP contribution in [0.25, 0.3) is 0 Å². The minimum atomic E-state index is -0.424. The molecule has 0 bridgehead atoms. The third kappa shape index (κ3) is 3.12. The van der Waals surface area contributed by atoms with Gasteiger partial charge in [0, 0.05) is 6.54 Å². The molecular formula is C10H16N2O3S. The molecule has 1 aliphatic heterocycles. The van der Waals surface area contributed by atoms with Crippen molar-refractivity contribution in [3.8, 4) is 0 Å². The Hall–Kier alpha value is -0.750. The molecule has 2 rings (SSSR count). The fourth-order valence-electron chi connectivity index (χ4n) is 1.64. The molecule has 2 aliphatic rings. The van der Waals surface area contributed by atoms with Crippen LogP contribution in [0.3, 0.4) is 0 Å². The van der Waals surface area contributed by atoms with E-state index in [1.807, 2.05) is 0 Å². The van der Waals surface area contributed by atoms with Gasteiger partial charge in [-0.15, -0.1) is 11.8 Å². The minimum Gasteiger partial charge on any atom is -0.391 e. The summed E-state index contributed by atoms with van der Waals surface area (Å²) in [5.74, 6) is 1.26. The minimum absolute atomic E-state index is 0.0166. The van der Waals surface area contributed by atoms with Gasteiger partial charge in [-0.3, -0.25) is 9.59 Å². The summed E-state index contributed by atoms with van der Waals surface area (Å²) in [5.41, 5.74) is 0. The third-order valence-electron chi connectivity index (χ3n) is 2.83. The van der Waals surface area contributed by atoms with Crippen molar-refractivity contribution in [2.24, 2.45) is 5.92 Å². The summed E-state index contributed by atoms with van der Waals surface area (Å²) in [6.07, 6.45) is 1.68. The van der Waals surface area contributed by atoms with Gasteiger partial charge < -0.3 is 15.3 Å². The SMILES string of the molecule is O=C(CN1CSCC1=O)NCC(O)C1CC1. The molecule has 0 spiro atoms. The zero-order valence-corrected chi connectivity index (χ0v) is 9.83. The van der Waals surface area contributed by atoms with Gasteiger partial charge in [0.15, 0.2) is 0 Å². The van der Waals surface area contributed by atoms with E-state index in [4.69, 9.17) is 0 Å². The normalized spacial score (nSPS) is 22.3. The highest BCUT2D eigenvalue weighted by atomic mass is 32.2. The van der Waals surface area contributed by atoms with Crippen molar-refractivity contribution < 1.29 is 14.7 Å². The van der Waals surface area contributed by atoms with Crippen LogP contribution in [0.2, 0.25) is 0 Å². The van der Waals surface area contributed by atoms with E-state index in [1.54, 1.807) is 0 Å². The average Bonchev–Trinajstić information content (AvgIpc) is 3.02. The number of nitrogens with zero attached hydrogens (tertiary/aromatic N) is 1. The van der Waals surface area contributed by atoms with Crippen molar-refractivity contribution in [3.63, 3.8) is 0 Å². The number of hydrogen-bond acceptors (Lipinski definition) is 4. The molecule has 1 unspecified atom stereocenters. The lowest BCUT2D eigenvalue weighted by atomic mass is 10.2. The second-order valence-corrected chi connectivity index (χ2v) is 5.23. The van der Waals surface area contributed by atoms with E-state index in [-0.39, 0.29) is 18.4 Å². The molecule has 0 aromatic heterocycles. The van der Waals surface area contributed by atoms with Gasteiger partial charge in [-0.05, 0) is 18.8 Å². The summed E-state index contributed by atoms with van der Waals surface area (Å²) in [5, 5.41) is 12.2. The molecule has 1 heterocycles. The molecule has 1 atom stereocenters. The summed E-state index contributed by atoms with van der Waals surface area (Å²) in [4.78, 5) is 24.2. The Morgan fingerprint density at radius 3 is 2.94 bits per heavy atom. The van der Waals surface area contributed by atoms with E-state index in [0.717, 1.165) is 12.8 Å². The zero-order chi connectivity index (χ0) is 11.5. The molecule has 1 aliphatic carbocycles. The predicted octanol–water partition coefficient (Wildman–Crippen LogP) is -0.594. The van der Waals surface area contributed by atoms with Gasteiger partial charge in [0.05, 0.1) is 17.7 Å². The molecule has 2 N–H and O–H groups in total. The number of nitrogens with one attached hydrogen (secondary N) is 1. The summed E-state index contributed by atoms with van der Waals surface area (Å²) in [7, 11) is 0. The molecule has 6 heteroatoms. The van der Waals surface area contributed by atoms with Crippen molar-refractivity contribution in [1.82, 2.24) is 10.2 Å². The van der Waals surface area contributed by atoms with E-state index < -0.39 is 6.10 Å². The van der Waals surface area contributed by atoms with E-state index in [9.17, 15) is 14.7 Å². The summed E-state index contributed by atoms with van der Waals surface area (Å²) in [6, 6.07) is 0. The Bertz CT molecular complexity index is 294. The van der Waals surface area contributed by atoms with Gasteiger partial charge in [-0.25, -0.2) is 0 Å². The average molecular weight is 244 g/mol. The Morgan fingerprint density at radius 1 is 1.62 bits per heavy atom. The maximum Gasteiger partial charge on any atom is 0.239 e. The molecule has 2 fully saturated rings. The molecule has 0 aromatic rings. The lowest BCUT2D eigenvalue weighted by Gasteiger charge is -2.15. The summed E-state index contributed by atoms with van der Waals surface area (Å²) < 4.78 is 0. The summed E-state index contributed by atoms with van der Waals surface area (Å²) in [6.45, 7) is 0.419. The molecule has 0 radical (unpaired) electrons. The highest BCUT2D eigenvalue weighted by Gasteiger charge is 2.30. The first kappa shape index (κ1) is 11.7. The fourth-order valence-corrected chi connectivity index (χ4v) is 2.54. The van der Waals surface area contributed by atoms with Crippen LogP contribution in [0, 0.1) is 5.92 Å². The van der Waals surface area contributed by atoms with Crippen LogP contribution in [-0.2, 0) is 9.59 Å². The number of carbonyl (C=O) groups excluding carboxylic acids is 2. The van der Waals surface area contributed by atoms with Crippen molar-refractivity contribution in [3.05, 3.63) is 0 Å². The van der Waals surface area contributed by atoms with Gasteiger partial charge >= 0.3 is 0 Å². The second-order valence-electron chi connectivity index (χ2n) is 4.28. The largest absolute Gasteiger partial charge is 0.391 e. The maximum atomic E-state index is 11.5. The highest BCUT2D eigenvalue weighted by molar-refractivity contribution is 8.00. The van der Waals surface area contributed by atoms with Gasteiger partial charge in [0.1, 0.15) is 6.54 Å². The van der Waals surface area contributed by atoms with Crippen LogP contribution in [0.4, 0.5) is 0 Å². The number of aliphatic hydroxyl groups excluding tert-OH is 1. The van der Waals surface area contributed by atoms with E-state index in [1.165, 1.54) is 16.7 Å². The molecule has 16 heavy (non-hydrogen) atoms. The molecule has 90 valence electrons. The second kappa shape index (κ2) is 5.05. The third-order valence-corrected chi connectivity index (χ3v) is 3.78. The Kier molecular flexibility index (Phi) is 3.70. The van der Waals surface area contributed by atoms with Crippen molar-refractivity contribution in [2.75, 3.05) is 24.7 Å². The number of thioether (sulfide) groups is 1. The van der Waals surface area contributed by atoms with Crippen LogP contribution in [0.15, 0.2) is 0 Å². The predicted molar refractivity (Wildman–Crippen MR) is 60.8 cm³/mol. The molecule has 0 aromatic carbocycles. The summed E-state index contributed by atoms with van der Waals surface area (Å²) >= 11 is 1.52. The number of rotatable bonds is 5. The first-order chi connectivity index (χ1) is 7.66. The fraction of sp³-hybridized carbons (Fsp3) is 0.800. The van der Waals surface area contributed by atoms with E-state index in [2.05, 4.69) is 5.32 Å². The van der Waals surface area contributed by atoms with Gasteiger partial charge in [-0.2, -0.15) is 0 Å². The number of hydrogen-bond donors (Lipinski definition) is 2. The van der Waals surface area contributed by atoms with Crippen molar-refractivity contribution in [1.29, 1.82) is 0 Å². The Labute approximate surface area is 98.6 Å². The Balaban J connectivity index is 1.65. The molecular weight excluding hydrogens is 228 g/mol. The first-order valence-corrected chi connectivity index (χ1v) is 6.62. The van der Waals surface area contributed by atoms with Crippen LogP contribution >= 0.6 is 11.8 Å². The number of amides is 2. The van der Waals surface area contributed by atoms with Crippen molar-refractivity contribution >= 4 is 23.6 Å². The van der Waals surface area contributed by atoms with Crippen LogP contribution in [0.1, 0.15) is 12.8 Å². The van der Waals surface area contributed by atoms with E-state index >= 15 is 0 Å². The molecule has 2 amide bonds.